The van der Waals surface area contributed by atoms with Crippen molar-refractivity contribution in [3.8, 4) is 11.5 Å². The number of carboxylic acids is 1. The lowest BCUT2D eigenvalue weighted by Gasteiger charge is -2.26. The summed E-state index contributed by atoms with van der Waals surface area (Å²) in [5.41, 5.74) is -1.45. The number of hydrazine groups is 1. The molecule has 0 aliphatic carbocycles. The van der Waals surface area contributed by atoms with Gasteiger partial charge >= 0.3 is 18.0 Å². The highest BCUT2D eigenvalue weighted by atomic mass is 16.6. The van der Waals surface area contributed by atoms with Crippen molar-refractivity contribution in [2.45, 2.75) is 71.8 Å². The van der Waals surface area contributed by atoms with Crippen molar-refractivity contribution >= 4 is 29.7 Å². The Morgan fingerprint density at radius 2 is 1.45 bits per heavy atom. The number of nitrogens with one attached hydrogen (secondary N) is 2. The van der Waals surface area contributed by atoms with Gasteiger partial charge in [-0.15, -0.1) is 0 Å². The van der Waals surface area contributed by atoms with E-state index in [2.05, 4.69) is 5.32 Å². The van der Waals surface area contributed by atoms with Crippen molar-refractivity contribution in [1.29, 1.82) is 0 Å². The van der Waals surface area contributed by atoms with Gasteiger partial charge in [-0.2, -0.15) is 0 Å². The number of carbonyl (C=O) groups excluding carboxylic acids is 4. The molecule has 1 atom stereocenters. The molecule has 5 N–H and O–H groups in total. The van der Waals surface area contributed by atoms with Gasteiger partial charge in [0.2, 0.25) is 0 Å². The molecule has 0 aromatic heterocycles. The highest BCUT2D eigenvalue weighted by molar-refractivity contribution is 6.11. The van der Waals surface area contributed by atoms with E-state index in [0.717, 1.165) is 6.92 Å². The molecule has 2 rings (SSSR count). The van der Waals surface area contributed by atoms with E-state index in [1.807, 2.05) is 0 Å². The molecular weight excluding hydrogens is 550 g/mol. The fourth-order valence-corrected chi connectivity index (χ4v) is 3.39. The highest BCUT2D eigenvalue weighted by Crippen LogP contribution is 2.36. The van der Waals surface area contributed by atoms with Crippen LogP contribution in [0.1, 0.15) is 70.0 Å². The van der Waals surface area contributed by atoms with E-state index in [1.165, 1.54) is 30.3 Å². The highest BCUT2D eigenvalue weighted by Gasteiger charge is 2.45. The number of benzene rings is 2. The zero-order valence-corrected chi connectivity index (χ0v) is 24.7. The molecule has 2 amide bonds. The molecule has 0 aliphatic heterocycles. The number of esters is 1. The predicted octanol–water partition coefficient (Wildman–Crippen LogP) is 2.87. The van der Waals surface area contributed by atoms with Gasteiger partial charge in [-0.25, -0.2) is 20.2 Å². The minimum Gasteiger partial charge on any atom is -0.478 e. The monoisotopic (exact) mass is 587 g/mol. The van der Waals surface area contributed by atoms with Crippen LogP contribution in [0.5, 0.6) is 11.5 Å². The van der Waals surface area contributed by atoms with Gasteiger partial charge in [-0.05, 0) is 66.2 Å². The number of hydrogen-bond acceptors (Lipinski definition) is 10. The summed E-state index contributed by atoms with van der Waals surface area (Å²) in [5, 5.41) is 12.3. The molecule has 2 aromatic carbocycles. The molecule has 13 nitrogen and oxygen atoms in total. The smallest absolute Gasteiger partial charge is 0.407 e. The number of ketones is 1. The van der Waals surface area contributed by atoms with E-state index < -0.39 is 53.1 Å². The molecule has 0 saturated carbocycles. The van der Waals surface area contributed by atoms with E-state index in [1.54, 1.807) is 59.1 Å². The molecular formula is C29H37N3O10. The first-order valence-corrected chi connectivity index (χ1v) is 12.9. The average Bonchev–Trinajstić information content (AvgIpc) is 2.88. The van der Waals surface area contributed by atoms with Gasteiger partial charge in [0.25, 0.3) is 11.5 Å². The Morgan fingerprint density at radius 1 is 0.857 bits per heavy atom. The van der Waals surface area contributed by atoms with E-state index in [-0.39, 0.29) is 29.2 Å². The van der Waals surface area contributed by atoms with Crippen LogP contribution >= 0.6 is 0 Å². The molecule has 0 heterocycles. The number of rotatable bonds is 11. The van der Waals surface area contributed by atoms with Gasteiger partial charge in [0, 0.05) is 12.1 Å². The van der Waals surface area contributed by atoms with Crippen LogP contribution < -0.4 is 26.1 Å². The molecule has 0 spiro atoms. The Hall–Kier alpha value is -4.65. The second kappa shape index (κ2) is 13.3. The van der Waals surface area contributed by atoms with Crippen molar-refractivity contribution in [3.63, 3.8) is 0 Å². The van der Waals surface area contributed by atoms with Gasteiger partial charge in [0.05, 0.1) is 5.56 Å². The SMILES string of the molecule is CC(C)(C)OC(=O)COc1c(OC(C)(C(=O)O)C(=O)NN)cccc1C(=O)c1ccc(CNC(=O)OC(C)(C)C)cc1. The van der Waals surface area contributed by atoms with Crippen LogP contribution in [0.15, 0.2) is 42.5 Å². The van der Waals surface area contributed by atoms with Crippen LogP contribution in [-0.4, -0.2) is 58.2 Å². The Kier molecular flexibility index (Phi) is 10.7. The molecule has 228 valence electrons. The third-order valence-corrected chi connectivity index (χ3v) is 5.32. The zero-order valence-electron chi connectivity index (χ0n) is 24.7. The van der Waals surface area contributed by atoms with Crippen LogP contribution in [0.4, 0.5) is 4.79 Å². The first kappa shape index (κ1) is 33.6. The van der Waals surface area contributed by atoms with Crippen LogP contribution in [0.3, 0.4) is 0 Å². The molecule has 13 heteroatoms. The number of para-hydroxylation sites is 1. The molecule has 0 bridgehead atoms. The summed E-state index contributed by atoms with van der Waals surface area (Å²) in [7, 11) is 0. The largest absolute Gasteiger partial charge is 0.478 e. The van der Waals surface area contributed by atoms with E-state index in [0.29, 0.717) is 5.56 Å². The zero-order chi connectivity index (χ0) is 31.9. The van der Waals surface area contributed by atoms with Gasteiger partial charge in [0.15, 0.2) is 23.9 Å². The predicted molar refractivity (Wildman–Crippen MR) is 150 cm³/mol. The summed E-state index contributed by atoms with van der Waals surface area (Å²) in [6.07, 6.45) is -0.595. The fourth-order valence-electron chi connectivity index (χ4n) is 3.39. The summed E-state index contributed by atoms with van der Waals surface area (Å²) in [4.78, 5) is 62.1. The first-order valence-electron chi connectivity index (χ1n) is 12.9. The maximum atomic E-state index is 13.6. The number of aliphatic carboxylic acids is 1. The van der Waals surface area contributed by atoms with Gasteiger partial charge in [-0.3, -0.25) is 15.0 Å². The molecule has 1 unspecified atom stereocenters. The molecule has 0 saturated heterocycles. The summed E-state index contributed by atoms with van der Waals surface area (Å²) >= 11 is 0. The summed E-state index contributed by atoms with van der Waals surface area (Å²) in [6, 6.07) is 10.3. The van der Waals surface area contributed by atoms with Crippen molar-refractivity contribution in [1.82, 2.24) is 10.7 Å². The minimum atomic E-state index is -2.51. The molecule has 0 aliphatic rings. The Labute approximate surface area is 243 Å². The Morgan fingerprint density at radius 3 is 1.98 bits per heavy atom. The number of hydrogen-bond donors (Lipinski definition) is 4. The van der Waals surface area contributed by atoms with Crippen molar-refractivity contribution in [2.75, 3.05) is 6.61 Å². The quantitative estimate of drug-likeness (QED) is 0.0754. The third-order valence-electron chi connectivity index (χ3n) is 5.32. The third kappa shape index (κ3) is 9.47. The molecule has 0 radical (unpaired) electrons. The fraction of sp³-hybridized carbons (Fsp3) is 0.414. The number of carbonyl (C=O) groups is 5. The Bertz CT molecular complexity index is 1330. The topological polar surface area (TPSA) is 193 Å². The number of carboxylic acid groups (broad SMARTS) is 1. The maximum absolute atomic E-state index is 13.6. The van der Waals surface area contributed by atoms with Crippen molar-refractivity contribution < 1.29 is 48.0 Å². The van der Waals surface area contributed by atoms with Crippen LogP contribution in [-0.2, 0) is 30.4 Å². The number of amides is 2. The Balaban J connectivity index is 2.41. The molecule has 0 fully saturated rings. The maximum Gasteiger partial charge on any atom is 0.407 e. The normalized spacial score (nSPS) is 12.8. The standard InChI is InChI=1S/C29H37N3O10/c1-27(2,3)41-21(33)16-39-23-19(9-8-10-20(23)40-29(7,25(36)37)24(35)32-30)22(34)18-13-11-17(12-14-18)15-31-26(38)42-28(4,5)6/h8-14H,15-16,30H2,1-7H3,(H,31,38)(H,32,35)(H,36,37). The van der Waals surface area contributed by atoms with Crippen molar-refractivity contribution in [2.24, 2.45) is 5.84 Å². The first-order chi connectivity index (χ1) is 19.4. The lowest BCUT2D eigenvalue weighted by Crippen LogP contribution is -2.56. The van der Waals surface area contributed by atoms with Gasteiger partial charge < -0.3 is 29.4 Å². The second-order valence-corrected chi connectivity index (χ2v) is 11.3. The second-order valence-electron chi connectivity index (χ2n) is 11.3. The summed E-state index contributed by atoms with van der Waals surface area (Å²) < 4.78 is 21.7. The number of ether oxygens (including phenoxy) is 4. The molecule has 42 heavy (non-hydrogen) atoms. The number of alkyl carbamates (subject to hydrolysis) is 1. The summed E-state index contributed by atoms with van der Waals surface area (Å²) in [6.45, 7) is 10.7. The van der Waals surface area contributed by atoms with E-state index >= 15 is 0 Å². The summed E-state index contributed by atoms with van der Waals surface area (Å²) in [5.74, 6) is 0.377. The van der Waals surface area contributed by atoms with E-state index in [9.17, 15) is 29.1 Å². The van der Waals surface area contributed by atoms with Crippen LogP contribution in [0.25, 0.3) is 0 Å². The van der Waals surface area contributed by atoms with E-state index in [4.69, 9.17) is 24.8 Å². The van der Waals surface area contributed by atoms with Crippen molar-refractivity contribution in [3.05, 3.63) is 59.2 Å². The lowest BCUT2D eigenvalue weighted by molar-refractivity contribution is -0.162. The average molecular weight is 588 g/mol. The van der Waals surface area contributed by atoms with Gasteiger partial charge in [0.1, 0.15) is 11.2 Å². The van der Waals surface area contributed by atoms with Gasteiger partial charge in [-0.1, -0.05) is 30.3 Å². The minimum absolute atomic E-state index is 0.0865. The molecule has 2 aromatic rings. The lowest BCUT2D eigenvalue weighted by atomic mass is 10.00. The van der Waals surface area contributed by atoms with Crippen LogP contribution in [0, 0.1) is 0 Å². The van der Waals surface area contributed by atoms with Crippen LogP contribution in [0.2, 0.25) is 0 Å². The number of nitrogens with two attached hydrogens (primary N) is 1.